The quantitative estimate of drug-likeness (QED) is 0.713. The molecule has 0 bridgehead atoms. The highest BCUT2D eigenvalue weighted by atomic mass is 35.5. The van der Waals surface area contributed by atoms with Crippen molar-refractivity contribution in [3.8, 4) is 11.5 Å². The van der Waals surface area contributed by atoms with E-state index < -0.39 is 0 Å². The average molecular weight is 300 g/mol. The molecule has 112 valence electrons. The zero-order valence-electron chi connectivity index (χ0n) is 12.1. The van der Waals surface area contributed by atoms with E-state index in [0.29, 0.717) is 37.6 Å². The van der Waals surface area contributed by atoms with E-state index in [1.165, 1.54) is 0 Å². The van der Waals surface area contributed by atoms with Crippen molar-refractivity contribution in [1.82, 2.24) is 5.32 Å². The molecule has 20 heavy (non-hydrogen) atoms. The Morgan fingerprint density at radius 1 is 1.35 bits per heavy atom. The standard InChI is InChI=1S/C15H22ClNO3/c1-3-9-20-13-7-6-12(10-14(13)19-2)11-17-15(18)5-4-8-16/h6-7,10H,3-5,8-9,11H2,1-2H3,(H,17,18). The second-order valence-electron chi connectivity index (χ2n) is 4.40. The van der Waals surface area contributed by atoms with Crippen LogP contribution in [0.25, 0.3) is 0 Å². The van der Waals surface area contributed by atoms with Crippen LogP contribution in [0.5, 0.6) is 11.5 Å². The smallest absolute Gasteiger partial charge is 0.220 e. The zero-order chi connectivity index (χ0) is 14.8. The van der Waals surface area contributed by atoms with E-state index in [2.05, 4.69) is 12.2 Å². The fourth-order valence-electron chi connectivity index (χ4n) is 1.67. The Morgan fingerprint density at radius 3 is 2.80 bits per heavy atom. The Balaban J connectivity index is 2.56. The summed E-state index contributed by atoms with van der Waals surface area (Å²) < 4.78 is 10.9. The molecular weight excluding hydrogens is 278 g/mol. The third-order valence-corrected chi connectivity index (χ3v) is 2.98. The van der Waals surface area contributed by atoms with Gasteiger partial charge in [0.15, 0.2) is 11.5 Å². The van der Waals surface area contributed by atoms with Gasteiger partial charge in [0.25, 0.3) is 0 Å². The molecule has 0 aliphatic carbocycles. The minimum Gasteiger partial charge on any atom is -0.493 e. The number of benzene rings is 1. The van der Waals surface area contributed by atoms with Crippen LogP contribution in [0.15, 0.2) is 18.2 Å². The highest BCUT2D eigenvalue weighted by Gasteiger charge is 2.06. The van der Waals surface area contributed by atoms with Crippen LogP contribution in [0.1, 0.15) is 31.7 Å². The van der Waals surface area contributed by atoms with Crippen LogP contribution in [0.3, 0.4) is 0 Å². The number of halogens is 1. The molecule has 1 aromatic carbocycles. The van der Waals surface area contributed by atoms with E-state index in [-0.39, 0.29) is 5.91 Å². The van der Waals surface area contributed by atoms with E-state index >= 15 is 0 Å². The number of carbonyl (C=O) groups is 1. The van der Waals surface area contributed by atoms with Crippen molar-refractivity contribution < 1.29 is 14.3 Å². The number of hydrogen-bond donors (Lipinski definition) is 1. The van der Waals surface area contributed by atoms with Crippen LogP contribution in [-0.2, 0) is 11.3 Å². The van der Waals surface area contributed by atoms with E-state index in [9.17, 15) is 4.79 Å². The molecule has 0 heterocycles. The Hall–Kier alpha value is -1.42. The van der Waals surface area contributed by atoms with Crippen molar-refractivity contribution in [3.05, 3.63) is 23.8 Å². The molecule has 1 rings (SSSR count). The summed E-state index contributed by atoms with van der Waals surface area (Å²) in [4.78, 5) is 11.5. The number of carbonyl (C=O) groups excluding carboxylic acids is 1. The Morgan fingerprint density at radius 2 is 2.15 bits per heavy atom. The summed E-state index contributed by atoms with van der Waals surface area (Å²) in [6.07, 6.45) is 2.10. The lowest BCUT2D eigenvalue weighted by Crippen LogP contribution is -2.22. The molecule has 0 saturated carbocycles. The maximum Gasteiger partial charge on any atom is 0.220 e. The van der Waals surface area contributed by atoms with Crippen LogP contribution in [0.2, 0.25) is 0 Å². The van der Waals surface area contributed by atoms with E-state index in [1.807, 2.05) is 18.2 Å². The highest BCUT2D eigenvalue weighted by molar-refractivity contribution is 6.17. The lowest BCUT2D eigenvalue weighted by atomic mass is 10.2. The molecule has 1 N–H and O–H groups in total. The molecule has 0 spiro atoms. The van der Waals surface area contributed by atoms with Crippen molar-refractivity contribution in [2.75, 3.05) is 19.6 Å². The molecule has 4 nitrogen and oxygen atoms in total. The van der Waals surface area contributed by atoms with Crippen LogP contribution in [0, 0.1) is 0 Å². The van der Waals surface area contributed by atoms with Crippen molar-refractivity contribution in [2.24, 2.45) is 0 Å². The molecule has 0 saturated heterocycles. The van der Waals surface area contributed by atoms with Crippen molar-refractivity contribution in [2.45, 2.75) is 32.7 Å². The second kappa shape index (κ2) is 9.48. The van der Waals surface area contributed by atoms with Gasteiger partial charge < -0.3 is 14.8 Å². The van der Waals surface area contributed by atoms with Gasteiger partial charge in [-0.1, -0.05) is 13.0 Å². The molecule has 1 amide bonds. The average Bonchev–Trinajstić information content (AvgIpc) is 2.49. The Bertz CT molecular complexity index is 424. The maximum absolute atomic E-state index is 11.5. The minimum absolute atomic E-state index is 0.0101. The third-order valence-electron chi connectivity index (χ3n) is 2.72. The van der Waals surface area contributed by atoms with E-state index in [0.717, 1.165) is 17.7 Å². The van der Waals surface area contributed by atoms with Gasteiger partial charge in [0.05, 0.1) is 13.7 Å². The first kappa shape index (κ1) is 16.6. The number of amides is 1. The predicted octanol–water partition coefficient (Wildman–Crippen LogP) is 3.12. The van der Waals surface area contributed by atoms with Crippen LogP contribution in [-0.4, -0.2) is 25.5 Å². The van der Waals surface area contributed by atoms with Gasteiger partial charge in [-0.15, -0.1) is 11.6 Å². The molecule has 0 atom stereocenters. The normalized spacial score (nSPS) is 10.2. The first-order valence-corrected chi connectivity index (χ1v) is 7.37. The van der Waals surface area contributed by atoms with Gasteiger partial charge in [-0.05, 0) is 30.5 Å². The Labute approximate surface area is 125 Å². The summed E-state index contributed by atoms with van der Waals surface area (Å²) in [7, 11) is 1.61. The first-order chi connectivity index (χ1) is 9.71. The summed E-state index contributed by atoms with van der Waals surface area (Å²) >= 11 is 5.55. The largest absolute Gasteiger partial charge is 0.493 e. The second-order valence-corrected chi connectivity index (χ2v) is 4.78. The summed E-state index contributed by atoms with van der Waals surface area (Å²) in [6, 6.07) is 5.68. The molecule has 1 aromatic rings. The zero-order valence-corrected chi connectivity index (χ0v) is 12.8. The topological polar surface area (TPSA) is 47.6 Å². The molecule has 0 fully saturated rings. The molecule has 0 unspecified atom stereocenters. The summed E-state index contributed by atoms with van der Waals surface area (Å²) in [5.41, 5.74) is 0.977. The van der Waals surface area contributed by atoms with Crippen LogP contribution < -0.4 is 14.8 Å². The number of hydrogen-bond acceptors (Lipinski definition) is 3. The van der Waals surface area contributed by atoms with Gasteiger partial charge in [0, 0.05) is 18.8 Å². The van der Waals surface area contributed by atoms with Crippen molar-refractivity contribution >= 4 is 17.5 Å². The predicted molar refractivity (Wildman–Crippen MR) is 80.6 cm³/mol. The Kier molecular flexibility index (Phi) is 7.88. The van der Waals surface area contributed by atoms with Crippen LogP contribution in [0.4, 0.5) is 0 Å². The number of methoxy groups -OCH3 is 1. The summed E-state index contributed by atoms with van der Waals surface area (Å²) in [5.74, 6) is 1.93. The molecule has 0 aliphatic heterocycles. The van der Waals surface area contributed by atoms with Gasteiger partial charge in [-0.3, -0.25) is 4.79 Å². The SMILES string of the molecule is CCCOc1ccc(CNC(=O)CCCCl)cc1OC. The minimum atomic E-state index is 0.0101. The first-order valence-electron chi connectivity index (χ1n) is 6.83. The van der Waals surface area contributed by atoms with E-state index in [1.54, 1.807) is 7.11 Å². The number of ether oxygens (including phenoxy) is 2. The van der Waals surface area contributed by atoms with Crippen LogP contribution >= 0.6 is 11.6 Å². The van der Waals surface area contributed by atoms with Crippen molar-refractivity contribution in [3.63, 3.8) is 0 Å². The lowest BCUT2D eigenvalue weighted by molar-refractivity contribution is -0.121. The molecule has 0 aromatic heterocycles. The molecule has 5 heteroatoms. The summed E-state index contributed by atoms with van der Waals surface area (Å²) in [6.45, 7) is 3.19. The number of nitrogens with one attached hydrogen (secondary N) is 1. The summed E-state index contributed by atoms with van der Waals surface area (Å²) in [5, 5.41) is 2.85. The van der Waals surface area contributed by atoms with Gasteiger partial charge in [0.1, 0.15) is 0 Å². The highest BCUT2D eigenvalue weighted by Crippen LogP contribution is 2.28. The van der Waals surface area contributed by atoms with Gasteiger partial charge in [0.2, 0.25) is 5.91 Å². The lowest BCUT2D eigenvalue weighted by Gasteiger charge is -2.12. The van der Waals surface area contributed by atoms with Crippen molar-refractivity contribution in [1.29, 1.82) is 0 Å². The monoisotopic (exact) mass is 299 g/mol. The fraction of sp³-hybridized carbons (Fsp3) is 0.533. The van der Waals surface area contributed by atoms with Gasteiger partial charge >= 0.3 is 0 Å². The third kappa shape index (κ3) is 5.70. The molecular formula is C15H22ClNO3. The number of rotatable bonds is 9. The maximum atomic E-state index is 11.5. The van der Waals surface area contributed by atoms with Gasteiger partial charge in [-0.25, -0.2) is 0 Å². The number of alkyl halides is 1. The van der Waals surface area contributed by atoms with E-state index in [4.69, 9.17) is 21.1 Å². The fourth-order valence-corrected chi connectivity index (χ4v) is 1.80. The van der Waals surface area contributed by atoms with Gasteiger partial charge in [-0.2, -0.15) is 0 Å². The molecule has 0 aliphatic rings. The molecule has 0 radical (unpaired) electrons.